The molecule has 0 aromatic heterocycles. The summed E-state index contributed by atoms with van der Waals surface area (Å²) in [6.07, 6.45) is 2.65. The number of halogens is 1. The van der Waals surface area contributed by atoms with Gasteiger partial charge in [-0.1, -0.05) is 18.2 Å². The summed E-state index contributed by atoms with van der Waals surface area (Å²) in [5.41, 5.74) is 0.862. The molecule has 0 spiro atoms. The van der Waals surface area contributed by atoms with Crippen LogP contribution in [0.2, 0.25) is 0 Å². The molecule has 0 atom stereocenters. The second-order valence-electron chi connectivity index (χ2n) is 7.46. The van der Waals surface area contributed by atoms with Gasteiger partial charge >= 0.3 is 0 Å². The number of hydrogen-bond acceptors (Lipinski definition) is 3. The van der Waals surface area contributed by atoms with Crippen LogP contribution in [0.15, 0.2) is 29.3 Å². The van der Waals surface area contributed by atoms with Crippen molar-refractivity contribution in [2.75, 3.05) is 26.3 Å². The van der Waals surface area contributed by atoms with E-state index in [1.165, 1.54) is 12.8 Å². The first-order valence-corrected chi connectivity index (χ1v) is 9.35. The van der Waals surface area contributed by atoms with Crippen LogP contribution in [-0.4, -0.2) is 37.9 Å². The summed E-state index contributed by atoms with van der Waals surface area (Å²) in [5, 5.41) is 6.60. The third-order valence-corrected chi connectivity index (χ3v) is 3.73. The lowest BCUT2D eigenvalue weighted by Crippen LogP contribution is -2.39. The van der Waals surface area contributed by atoms with Crippen LogP contribution in [0.3, 0.4) is 0 Å². The Labute approximate surface area is 175 Å². The Hall–Kier alpha value is -1.02. The van der Waals surface area contributed by atoms with Gasteiger partial charge in [-0.15, -0.1) is 24.0 Å². The van der Waals surface area contributed by atoms with E-state index in [2.05, 4.69) is 49.4 Å². The van der Waals surface area contributed by atoms with E-state index in [1.54, 1.807) is 0 Å². The average molecular weight is 475 g/mol. The minimum absolute atomic E-state index is 0. The summed E-state index contributed by atoms with van der Waals surface area (Å²) < 4.78 is 11.7. The molecule has 0 heterocycles. The van der Waals surface area contributed by atoms with Gasteiger partial charge in [-0.2, -0.15) is 0 Å². The Bertz CT molecular complexity index is 554. The number of rotatable bonds is 9. The van der Waals surface area contributed by atoms with Crippen molar-refractivity contribution in [2.24, 2.45) is 10.9 Å². The van der Waals surface area contributed by atoms with Crippen LogP contribution in [-0.2, 0) is 11.3 Å². The van der Waals surface area contributed by atoms with Gasteiger partial charge in [0.05, 0.1) is 13.2 Å². The third-order valence-electron chi connectivity index (χ3n) is 3.73. The zero-order valence-corrected chi connectivity index (χ0v) is 18.8. The molecule has 1 aromatic rings. The minimum Gasteiger partial charge on any atom is -0.488 e. The number of para-hydroxylation sites is 1. The van der Waals surface area contributed by atoms with E-state index in [0.29, 0.717) is 13.2 Å². The molecule has 5 nitrogen and oxygen atoms in total. The zero-order chi connectivity index (χ0) is 18.1. The van der Waals surface area contributed by atoms with E-state index in [-0.39, 0.29) is 29.6 Å². The molecule has 26 heavy (non-hydrogen) atoms. The molecule has 0 amide bonds. The lowest BCUT2D eigenvalue weighted by molar-refractivity contribution is 0.128. The van der Waals surface area contributed by atoms with Gasteiger partial charge in [-0.05, 0) is 52.5 Å². The summed E-state index contributed by atoms with van der Waals surface area (Å²) >= 11 is 0. The highest BCUT2D eigenvalue weighted by Crippen LogP contribution is 2.28. The second-order valence-corrected chi connectivity index (χ2v) is 7.46. The number of aliphatic imine (C=N–C) groups is 1. The topological polar surface area (TPSA) is 54.9 Å². The van der Waals surface area contributed by atoms with Crippen molar-refractivity contribution in [2.45, 2.75) is 52.7 Å². The fourth-order valence-electron chi connectivity index (χ4n) is 2.35. The van der Waals surface area contributed by atoms with Crippen molar-refractivity contribution < 1.29 is 9.47 Å². The quantitative estimate of drug-likeness (QED) is 0.246. The van der Waals surface area contributed by atoms with Crippen LogP contribution >= 0.6 is 24.0 Å². The van der Waals surface area contributed by atoms with Crippen molar-refractivity contribution in [1.29, 1.82) is 0 Å². The van der Waals surface area contributed by atoms with Gasteiger partial charge in [-0.3, -0.25) is 0 Å². The smallest absolute Gasteiger partial charge is 0.191 e. The van der Waals surface area contributed by atoms with Gasteiger partial charge in [0.1, 0.15) is 11.4 Å². The Morgan fingerprint density at radius 2 is 1.92 bits per heavy atom. The van der Waals surface area contributed by atoms with E-state index in [1.807, 2.05) is 18.2 Å². The lowest BCUT2D eigenvalue weighted by Gasteiger charge is -2.23. The molecule has 148 valence electrons. The van der Waals surface area contributed by atoms with Crippen molar-refractivity contribution >= 4 is 29.9 Å². The van der Waals surface area contributed by atoms with E-state index in [4.69, 9.17) is 9.47 Å². The number of guanidine groups is 1. The summed E-state index contributed by atoms with van der Waals surface area (Å²) in [7, 11) is 0. The molecule has 0 bridgehead atoms. The molecular formula is C20H34IN3O2. The van der Waals surface area contributed by atoms with Crippen LogP contribution in [0.1, 0.15) is 46.1 Å². The molecule has 1 fully saturated rings. The maximum atomic E-state index is 6.04. The highest BCUT2D eigenvalue weighted by atomic mass is 127. The predicted octanol–water partition coefficient (Wildman–Crippen LogP) is 3.96. The molecule has 1 aliphatic carbocycles. The SMILES string of the molecule is CCNC(=NCc1ccccc1OC(C)(C)C)NCCOCC1CC1.I. The molecule has 2 N–H and O–H groups in total. The molecule has 1 aliphatic rings. The molecule has 1 saturated carbocycles. The van der Waals surface area contributed by atoms with Crippen LogP contribution in [0, 0.1) is 5.92 Å². The average Bonchev–Trinajstić information content (AvgIpc) is 3.36. The number of nitrogens with zero attached hydrogens (tertiary/aromatic N) is 1. The molecular weight excluding hydrogens is 441 g/mol. The number of ether oxygens (including phenoxy) is 2. The van der Waals surface area contributed by atoms with Gasteiger partial charge < -0.3 is 20.1 Å². The van der Waals surface area contributed by atoms with E-state index in [0.717, 1.165) is 42.9 Å². The Balaban J connectivity index is 0.00000338. The number of nitrogens with one attached hydrogen (secondary N) is 2. The van der Waals surface area contributed by atoms with E-state index >= 15 is 0 Å². The molecule has 1 aromatic carbocycles. The normalized spacial score (nSPS) is 14.5. The summed E-state index contributed by atoms with van der Waals surface area (Å²) in [4.78, 5) is 4.68. The van der Waals surface area contributed by atoms with Crippen LogP contribution in [0.4, 0.5) is 0 Å². The predicted molar refractivity (Wildman–Crippen MR) is 119 cm³/mol. The number of benzene rings is 1. The lowest BCUT2D eigenvalue weighted by atomic mass is 10.1. The zero-order valence-electron chi connectivity index (χ0n) is 16.5. The van der Waals surface area contributed by atoms with Gasteiger partial charge in [0.15, 0.2) is 5.96 Å². The van der Waals surface area contributed by atoms with Crippen molar-refractivity contribution in [3.05, 3.63) is 29.8 Å². The van der Waals surface area contributed by atoms with Crippen LogP contribution < -0.4 is 15.4 Å². The summed E-state index contributed by atoms with van der Waals surface area (Å²) in [6, 6.07) is 8.08. The van der Waals surface area contributed by atoms with Gasteiger partial charge in [-0.25, -0.2) is 4.99 Å². The fourth-order valence-corrected chi connectivity index (χ4v) is 2.35. The van der Waals surface area contributed by atoms with E-state index < -0.39 is 0 Å². The van der Waals surface area contributed by atoms with Gasteiger partial charge in [0.25, 0.3) is 0 Å². The first-order valence-electron chi connectivity index (χ1n) is 9.35. The van der Waals surface area contributed by atoms with Gasteiger partial charge in [0, 0.05) is 25.3 Å². The highest BCUT2D eigenvalue weighted by Gasteiger charge is 2.20. The summed E-state index contributed by atoms with van der Waals surface area (Å²) in [5.74, 6) is 2.51. The Morgan fingerprint density at radius 3 is 2.58 bits per heavy atom. The third kappa shape index (κ3) is 9.62. The first kappa shape index (κ1) is 23.0. The van der Waals surface area contributed by atoms with Crippen LogP contribution in [0.25, 0.3) is 0 Å². The largest absolute Gasteiger partial charge is 0.488 e. The first-order chi connectivity index (χ1) is 12.0. The molecule has 0 saturated heterocycles. The fraction of sp³-hybridized carbons (Fsp3) is 0.650. The molecule has 0 unspecified atom stereocenters. The Kier molecular flexibility index (Phi) is 10.3. The van der Waals surface area contributed by atoms with Crippen molar-refractivity contribution in [3.8, 4) is 5.75 Å². The molecule has 0 aliphatic heterocycles. The Morgan fingerprint density at radius 1 is 1.19 bits per heavy atom. The highest BCUT2D eigenvalue weighted by molar-refractivity contribution is 14.0. The van der Waals surface area contributed by atoms with E-state index in [9.17, 15) is 0 Å². The minimum atomic E-state index is -0.221. The molecule has 0 radical (unpaired) electrons. The molecule has 6 heteroatoms. The maximum Gasteiger partial charge on any atom is 0.191 e. The summed E-state index contributed by atoms with van der Waals surface area (Å²) in [6.45, 7) is 12.0. The van der Waals surface area contributed by atoms with Gasteiger partial charge in [0.2, 0.25) is 0 Å². The maximum absolute atomic E-state index is 6.04. The second kappa shape index (κ2) is 11.6. The molecule has 2 rings (SSSR count). The van der Waals surface area contributed by atoms with Crippen LogP contribution in [0.5, 0.6) is 5.75 Å². The monoisotopic (exact) mass is 475 g/mol. The number of hydrogen-bond donors (Lipinski definition) is 2. The standard InChI is InChI=1S/C20H33N3O2.HI/c1-5-21-19(22-12-13-24-15-16-10-11-16)23-14-17-8-6-7-9-18(17)25-20(2,3)4;/h6-9,16H,5,10-15H2,1-4H3,(H2,21,22,23);1H. The van der Waals surface area contributed by atoms with Crippen molar-refractivity contribution in [1.82, 2.24) is 10.6 Å². The van der Waals surface area contributed by atoms with Crippen molar-refractivity contribution in [3.63, 3.8) is 0 Å².